The van der Waals surface area contributed by atoms with Gasteiger partial charge in [0.25, 0.3) is 5.91 Å². The van der Waals surface area contributed by atoms with Gasteiger partial charge in [0, 0.05) is 11.1 Å². The number of benzene rings is 1. The van der Waals surface area contributed by atoms with Gasteiger partial charge in [-0.05, 0) is 46.3 Å². The second-order valence-electron chi connectivity index (χ2n) is 4.20. The summed E-state index contributed by atoms with van der Waals surface area (Å²) in [7, 11) is 0. The summed E-state index contributed by atoms with van der Waals surface area (Å²) >= 11 is 3.24. The van der Waals surface area contributed by atoms with E-state index in [0.29, 0.717) is 27.1 Å². The highest BCUT2D eigenvalue weighted by atomic mass is 79.9. The van der Waals surface area contributed by atoms with Crippen LogP contribution in [0.3, 0.4) is 0 Å². The maximum Gasteiger partial charge on any atom is 0.276 e. The van der Waals surface area contributed by atoms with Crippen LogP contribution in [0, 0.1) is 0 Å². The van der Waals surface area contributed by atoms with Crippen molar-refractivity contribution in [3.8, 4) is 0 Å². The molecule has 2 aromatic heterocycles. The Bertz CT molecular complexity index is 781. The number of carbonyl (C=O) groups is 1. The summed E-state index contributed by atoms with van der Waals surface area (Å²) in [6.45, 7) is 0. The molecule has 100 valence electrons. The minimum Gasteiger partial charge on any atom is -0.399 e. The third kappa shape index (κ3) is 2.35. The number of H-pyrrole nitrogens is 1. The number of halogens is 1. The number of nitrogens with zero attached hydrogens (tertiary/aromatic N) is 2. The minimum absolute atomic E-state index is 0.301. The molecule has 0 radical (unpaired) electrons. The van der Waals surface area contributed by atoms with Crippen molar-refractivity contribution in [2.24, 2.45) is 0 Å². The van der Waals surface area contributed by atoms with E-state index in [1.165, 1.54) is 0 Å². The van der Waals surface area contributed by atoms with Crippen LogP contribution in [0.2, 0.25) is 0 Å². The number of carbonyl (C=O) groups excluding carboxylic acids is 1. The van der Waals surface area contributed by atoms with Crippen LogP contribution in [0.5, 0.6) is 0 Å². The van der Waals surface area contributed by atoms with Crippen molar-refractivity contribution in [1.29, 1.82) is 0 Å². The first kappa shape index (κ1) is 12.6. The monoisotopic (exact) mass is 331 g/mol. The Labute approximate surface area is 122 Å². The maximum absolute atomic E-state index is 12.2. The van der Waals surface area contributed by atoms with Gasteiger partial charge in [-0.25, -0.2) is 4.98 Å². The number of hydrogen-bond donors (Lipinski definition) is 3. The molecule has 4 N–H and O–H groups in total. The fourth-order valence-corrected chi connectivity index (χ4v) is 2.08. The zero-order valence-electron chi connectivity index (χ0n) is 10.2. The van der Waals surface area contributed by atoms with E-state index in [9.17, 15) is 4.79 Å². The summed E-state index contributed by atoms with van der Waals surface area (Å²) in [4.78, 5) is 16.3. The number of hydrogen-bond acceptors (Lipinski definition) is 4. The van der Waals surface area contributed by atoms with E-state index in [4.69, 9.17) is 5.73 Å². The number of fused-ring (bicyclic) bond motifs is 1. The van der Waals surface area contributed by atoms with Crippen LogP contribution < -0.4 is 11.1 Å². The number of amides is 1. The van der Waals surface area contributed by atoms with Gasteiger partial charge >= 0.3 is 0 Å². The molecule has 0 atom stereocenters. The molecular formula is C13H10BrN5O. The molecule has 0 aliphatic rings. The standard InChI is InChI=1S/C13H10BrN5O/c14-11-4-2-8(6-16-11)17-13(20)12-9-5-7(15)1-3-10(9)18-19-12/h1-6H,15H2,(H,17,20)(H,18,19). The normalized spacial score (nSPS) is 10.7. The van der Waals surface area contributed by atoms with Gasteiger partial charge in [-0.2, -0.15) is 5.10 Å². The van der Waals surface area contributed by atoms with Gasteiger partial charge in [0.15, 0.2) is 5.69 Å². The predicted molar refractivity (Wildman–Crippen MR) is 80.4 cm³/mol. The Morgan fingerprint density at radius 3 is 2.90 bits per heavy atom. The van der Waals surface area contributed by atoms with Gasteiger partial charge < -0.3 is 11.1 Å². The molecule has 20 heavy (non-hydrogen) atoms. The molecule has 0 unspecified atom stereocenters. The highest BCUT2D eigenvalue weighted by molar-refractivity contribution is 9.10. The van der Waals surface area contributed by atoms with Crippen molar-refractivity contribution in [1.82, 2.24) is 15.2 Å². The molecule has 0 aliphatic heterocycles. The Morgan fingerprint density at radius 2 is 2.15 bits per heavy atom. The molecule has 0 saturated heterocycles. The van der Waals surface area contributed by atoms with E-state index in [0.717, 1.165) is 5.52 Å². The number of aromatic nitrogens is 3. The molecule has 7 heteroatoms. The summed E-state index contributed by atoms with van der Waals surface area (Å²) in [6, 6.07) is 8.75. The summed E-state index contributed by atoms with van der Waals surface area (Å²) < 4.78 is 0.702. The number of pyridine rings is 1. The number of anilines is 2. The van der Waals surface area contributed by atoms with Crippen LogP contribution in [0.25, 0.3) is 10.9 Å². The fourth-order valence-electron chi connectivity index (χ4n) is 1.84. The molecule has 3 rings (SSSR count). The molecule has 0 bridgehead atoms. The smallest absolute Gasteiger partial charge is 0.276 e. The topological polar surface area (TPSA) is 96.7 Å². The SMILES string of the molecule is Nc1ccc2[nH]nc(C(=O)Nc3ccc(Br)nc3)c2c1. The first-order valence-corrected chi connectivity index (χ1v) is 6.59. The quantitative estimate of drug-likeness (QED) is 0.496. The molecule has 0 saturated carbocycles. The van der Waals surface area contributed by atoms with Crippen LogP contribution >= 0.6 is 15.9 Å². The lowest BCUT2D eigenvalue weighted by molar-refractivity contribution is 0.102. The number of nitrogen functional groups attached to an aromatic ring is 1. The summed E-state index contributed by atoms with van der Waals surface area (Å²) in [5, 5.41) is 10.3. The van der Waals surface area contributed by atoms with Crippen molar-refractivity contribution >= 4 is 44.1 Å². The van der Waals surface area contributed by atoms with E-state index >= 15 is 0 Å². The van der Waals surface area contributed by atoms with Gasteiger partial charge in [-0.3, -0.25) is 9.89 Å². The van der Waals surface area contributed by atoms with E-state index in [2.05, 4.69) is 36.4 Å². The summed E-state index contributed by atoms with van der Waals surface area (Å²) in [5.74, 6) is -0.314. The lowest BCUT2D eigenvalue weighted by atomic mass is 10.2. The lowest BCUT2D eigenvalue weighted by Gasteiger charge is -2.03. The van der Waals surface area contributed by atoms with Crippen molar-refractivity contribution in [2.45, 2.75) is 0 Å². The van der Waals surface area contributed by atoms with Crippen molar-refractivity contribution in [3.63, 3.8) is 0 Å². The zero-order chi connectivity index (χ0) is 14.1. The molecular weight excluding hydrogens is 322 g/mol. The van der Waals surface area contributed by atoms with Gasteiger partial charge in [-0.15, -0.1) is 0 Å². The highest BCUT2D eigenvalue weighted by Gasteiger charge is 2.14. The Kier molecular flexibility index (Phi) is 3.11. The largest absolute Gasteiger partial charge is 0.399 e. The highest BCUT2D eigenvalue weighted by Crippen LogP contribution is 2.20. The molecule has 0 fully saturated rings. The predicted octanol–water partition coefficient (Wildman–Crippen LogP) is 2.55. The van der Waals surface area contributed by atoms with Gasteiger partial charge in [0.1, 0.15) is 4.60 Å². The average Bonchev–Trinajstić information content (AvgIpc) is 2.84. The molecule has 0 aliphatic carbocycles. The van der Waals surface area contributed by atoms with Crippen molar-refractivity contribution in [3.05, 3.63) is 46.8 Å². The molecule has 6 nitrogen and oxygen atoms in total. The Morgan fingerprint density at radius 1 is 1.30 bits per heavy atom. The Balaban J connectivity index is 1.92. The fraction of sp³-hybridized carbons (Fsp3) is 0. The van der Waals surface area contributed by atoms with Crippen molar-refractivity contribution < 1.29 is 4.79 Å². The zero-order valence-corrected chi connectivity index (χ0v) is 11.8. The number of rotatable bonds is 2. The van der Waals surface area contributed by atoms with E-state index in [1.807, 2.05) is 0 Å². The molecule has 1 aromatic carbocycles. The van der Waals surface area contributed by atoms with Gasteiger partial charge in [0.2, 0.25) is 0 Å². The van der Waals surface area contributed by atoms with Crippen LogP contribution in [0.1, 0.15) is 10.5 Å². The summed E-state index contributed by atoms with van der Waals surface area (Å²) in [6.07, 6.45) is 1.56. The van der Waals surface area contributed by atoms with Crippen LogP contribution in [0.15, 0.2) is 41.1 Å². The van der Waals surface area contributed by atoms with Crippen LogP contribution in [-0.4, -0.2) is 21.1 Å². The first-order valence-electron chi connectivity index (χ1n) is 5.80. The van der Waals surface area contributed by atoms with Gasteiger partial charge in [-0.1, -0.05) is 0 Å². The summed E-state index contributed by atoms with van der Waals surface area (Å²) in [5.41, 5.74) is 7.97. The minimum atomic E-state index is -0.314. The first-order chi connectivity index (χ1) is 9.63. The number of aromatic amines is 1. The number of nitrogens with one attached hydrogen (secondary N) is 2. The third-order valence-electron chi connectivity index (χ3n) is 2.79. The molecule has 3 aromatic rings. The second-order valence-corrected chi connectivity index (χ2v) is 5.01. The van der Waals surface area contributed by atoms with E-state index in [-0.39, 0.29) is 5.91 Å². The number of nitrogens with two attached hydrogens (primary N) is 1. The maximum atomic E-state index is 12.2. The van der Waals surface area contributed by atoms with Gasteiger partial charge in [0.05, 0.1) is 17.4 Å². The van der Waals surface area contributed by atoms with Crippen LogP contribution in [0.4, 0.5) is 11.4 Å². The van der Waals surface area contributed by atoms with Crippen LogP contribution in [-0.2, 0) is 0 Å². The third-order valence-corrected chi connectivity index (χ3v) is 3.26. The van der Waals surface area contributed by atoms with Crippen molar-refractivity contribution in [2.75, 3.05) is 11.1 Å². The van der Waals surface area contributed by atoms with E-state index < -0.39 is 0 Å². The molecule has 1 amide bonds. The lowest BCUT2D eigenvalue weighted by Crippen LogP contribution is -2.13. The average molecular weight is 332 g/mol. The molecule has 0 spiro atoms. The Hall–Kier alpha value is -2.41. The van der Waals surface area contributed by atoms with E-state index in [1.54, 1.807) is 36.5 Å². The molecule has 2 heterocycles. The second kappa shape index (κ2) is 4.93.